The summed E-state index contributed by atoms with van der Waals surface area (Å²) in [5.41, 5.74) is 1.60. The molecule has 0 aliphatic rings. The second kappa shape index (κ2) is 7.80. The third kappa shape index (κ3) is 4.16. The van der Waals surface area contributed by atoms with Crippen molar-refractivity contribution in [1.82, 2.24) is 19.7 Å². The lowest BCUT2D eigenvalue weighted by molar-refractivity contribution is 0.101. The van der Waals surface area contributed by atoms with Crippen LogP contribution in [-0.2, 0) is 6.54 Å². The Bertz CT molecular complexity index is 920. The predicted molar refractivity (Wildman–Crippen MR) is 96.7 cm³/mol. The van der Waals surface area contributed by atoms with Gasteiger partial charge in [-0.25, -0.2) is 9.67 Å². The second-order valence-corrected chi connectivity index (χ2v) is 6.23. The van der Waals surface area contributed by atoms with Crippen molar-refractivity contribution >= 4 is 22.4 Å². The smallest absolute Gasteiger partial charge is 0.277 e. The molecule has 25 heavy (non-hydrogen) atoms. The van der Waals surface area contributed by atoms with E-state index >= 15 is 0 Å². The number of thiazole rings is 1. The summed E-state index contributed by atoms with van der Waals surface area (Å²) in [5.74, 6) is -0.391. The van der Waals surface area contributed by atoms with Gasteiger partial charge in [0.05, 0.1) is 5.69 Å². The normalized spacial score (nSPS) is 10.6. The fourth-order valence-electron chi connectivity index (χ4n) is 2.18. The van der Waals surface area contributed by atoms with E-state index in [9.17, 15) is 9.59 Å². The lowest BCUT2D eigenvalue weighted by Crippen LogP contribution is -2.26. The number of carbonyl (C=O) groups excluding carboxylic acids is 1. The SMILES string of the molecule is CCCCn1nc(C(=O)Nc2nc(-c3cccnc3)cs2)ccc1=O. The molecular formula is C17H17N5O2S. The van der Waals surface area contributed by atoms with E-state index in [0.29, 0.717) is 11.7 Å². The maximum absolute atomic E-state index is 12.4. The van der Waals surface area contributed by atoms with E-state index in [-0.39, 0.29) is 11.3 Å². The van der Waals surface area contributed by atoms with Gasteiger partial charge in [-0.05, 0) is 24.6 Å². The summed E-state index contributed by atoms with van der Waals surface area (Å²) >= 11 is 1.32. The third-order valence-corrected chi connectivity index (χ3v) is 4.26. The molecule has 7 nitrogen and oxygen atoms in total. The zero-order valence-corrected chi connectivity index (χ0v) is 14.5. The van der Waals surface area contributed by atoms with Crippen LogP contribution < -0.4 is 10.9 Å². The van der Waals surface area contributed by atoms with Crippen LogP contribution in [0.3, 0.4) is 0 Å². The largest absolute Gasteiger partial charge is 0.296 e. The van der Waals surface area contributed by atoms with Gasteiger partial charge in [0, 0.05) is 35.9 Å². The molecule has 0 atom stereocenters. The van der Waals surface area contributed by atoms with Gasteiger partial charge < -0.3 is 0 Å². The number of hydrogen-bond acceptors (Lipinski definition) is 6. The highest BCUT2D eigenvalue weighted by atomic mass is 32.1. The van der Waals surface area contributed by atoms with E-state index in [1.54, 1.807) is 12.4 Å². The molecule has 0 aliphatic carbocycles. The van der Waals surface area contributed by atoms with Crippen molar-refractivity contribution in [3.63, 3.8) is 0 Å². The number of anilines is 1. The first-order valence-electron chi connectivity index (χ1n) is 7.93. The summed E-state index contributed by atoms with van der Waals surface area (Å²) in [6.07, 6.45) is 5.18. The molecule has 0 fully saturated rings. The van der Waals surface area contributed by atoms with Gasteiger partial charge in [0.15, 0.2) is 5.13 Å². The molecule has 0 spiro atoms. The number of nitrogens with zero attached hydrogens (tertiary/aromatic N) is 4. The number of pyridine rings is 1. The molecule has 0 aromatic carbocycles. The number of nitrogens with one attached hydrogen (secondary N) is 1. The molecule has 3 heterocycles. The summed E-state index contributed by atoms with van der Waals surface area (Å²) < 4.78 is 1.32. The maximum atomic E-state index is 12.4. The number of carbonyl (C=O) groups is 1. The molecule has 3 rings (SSSR count). The minimum Gasteiger partial charge on any atom is -0.296 e. The molecule has 0 radical (unpaired) electrons. The Hall–Kier alpha value is -2.87. The van der Waals surface area contributed by atoms with Gasteiger partial charge in [0.25, 0.3) is 11.5 Å². The molecule has 3 aromatic heterocycles. The summed E-state index contributed by atoms with van der Waals surface area (Å²) in [5, 5.41) is 9.17. The van der Waals surface area contributed by atoms with Crippen molar-refractivity contribution in [2.75, 3.05) is 5.32 Å². The van der Waals surface area contributed by atoms with Crippen LogP contribution in [0.2, 0.25) is 0 Å². The number of aryl methyl sites for hydroxylation is 1. The highest BCUT2D eigenvalue weighted by Crippen LogP contribution is 2.24. The molecule has 1 amide bonds. The van der Waals surface area contributed by atoms with Gasteiger partial charge in [-0.15, -0.1) is 11.3 Å². The van der Waals surface area contributed by atoms with E-state index in [0.717, 1.165) is 24.1 Å². The number of rotatable bonds is 6. The van der Waals surface area contributed by atoms with E-state index in [1.807, 2.05) is 24.4 Å². The predicted octanol–water partition coefficient (Wildman–Crippen LogP) is 2.81. The summed E-state index contributed by atoms with van der Waals surface area (Å²) in [6.45, 7) is 2.53. The molecular weight excluding hydrogens is 338 g/mol. The maximum Gasteiger partial charge on any atom is 0.277 e. The van der Waals surface area contributed by atoms with Gasteiger partial charge in [-0.3, -0.25) is 19.9 Å². The topological polar surface area (TPSA) is 89.8 Å². The van der Waals surface area contributed by atoms with Gasteiger partial charge in [-0.1, -0.05) is 13.3 Å². The zero-order valence-electron chi connectivity index (χ0n) is 13.7. The Kier molecular flexibility index (Phi) is 5.30. The quantitative estimate of drug-likeness (QED) is 0.734. The van der Waals surface area contributed by atoms with Crippen molar-refractivity contribution in [2.45, 2.75) is 26.3 Å². The van der Waals surface area contributed by atoms with Crippen LogP contribution in [0.5, 0.6) is 0 Å². The first-order valence-corrected chi connectivity index (χ1v) is 8.81. The minimum atomic E-state index is -0.391. The Labute approximate surface area is 148 Å². The molecule has 0 saturated heterocycles. The van der Waals surface area contributed by atoms with Crippen molar-refractivity contribution in [3.05, 3.63) is 58.1 Å². The first kappa shape index (κ1) is 17.0. The Morgan fingerprint density at radius 3 is 2.96 bits per heavy atom. The van der Waals surface area contributed by atoms with Gasteiger partial charge in [0.1, 0.15) is 5.69 Å². The molecule has 128 valence electrons. The standard InChI is InChI=1S/C17H17N5O2S/c1-2-3-9-22-15(23)7-6-13(21-22)16(24)20-17-19-14(11-25-17)12-5-4-8-18-10-12/h4-8,10-11H,2-3,9H2,1H3,(H,19,20,24). The summed E-state index contributed by atoms with van der Waals surface area (Å²) in [7, 11) is 0. The lowest BCUT2D eigenvalue weighted by atomic mass is 10.2. The summed E-state index contributed by atoms with van der Waals surface area (Å²) in [4.78, 5) is 32.6. The average Bonchev–Trinajstić information content (AvgIpc) is 3.10. The van der Waals surface area contributed by atoms with Crippen LogP contribution in [-0.4, -0.2) is 25.7 Å². The van der Waals surface area contributed by atoms with Crippen LogP contribution in [0.4, 0.5) is 5.13 Å². The number of unbranched alkanes of at least 4 members (excludes halogenated alkanes) is 1. The van der Waals surface area contributed by atoms with E-state index in [2.05, 4.69) is 20.4 Å². The second-order valence-electron chi connectivity index (χ2n) is 5.37. The number of hydrogen-bond donors (Lipinski definition) is 1. The van der Waals surface area contributed by atoms with Crippen molar-refractivity contribution in [1.29, 1.82) is 0 Å². The van der Waals surface area contributed by atoms with Gasteiger partial charge in [0.2, 0.25) is 0 Å². The average molecular weight is 355 g/mol. The fourth-order valence-corrected chi connectivity index (χ4v) is 2.89. The number of aromatic nitrogens is 4. The fraction of sp³-hybridized carbons (Fsp3) is 0.235. The molecule has 0 aliphatic heterocycles. The lowest BCUT2D eigenvalue weighted by Gasteiger charge is -2.06. The van der Waals surface area contributed by atoms with Crippen LogP contribution in [0, 0.1) is 0 Å². The molecule has 1 N–H and O–H groups in total. The highest BCUT2D eigenvalue weighted by Gasteiger charge is 2.12. The summed E-state index contributed by atoms with van der Waals surface area (Å²) in [6, 6.07) is 6.52. The van der Waals surface area contributed by atoms with Crippen molar-refractivity contribution in [2.24, 2.45) is 0 Å². The van der Waals surface area contributed by atoms with Crippen LogP contribution in [0.15, 0.2) is 46.8 Å². The monoisotopic (exact) mass is 355 g/mol. The molecule has 8 heteroatoms. The Morgan fingerprint density at radius 2 is 2.20 bits per heavy atom. The zero-order chi connectivity index (χ0) is 17.6. The van der Waals surface area contributed by atoms with E-state index in [4.69, 9.17) is 0 Å². The van der Waals surface area contributed by atoms with Crippen LogP contribution in [0.1, 0.15) is 30.3 Å². The minimum absolute atomic E-state index is 0.189. The third-order valence-electron chi connectivity index (χ3n) is 3.50. The molecule has 3 aromatic rings. The van der Waals surface area contributed by atoms with Crippen molar-refractivity contribution in [3.8, 4) is 11.3 Å². The van der Waals surface area contributed by atoms with E-state index in [1.165, 1.54) is 28.2 Å². The van der Waals surface area contributed by atoms with Gasteiger partial charge >= 0.3 is 0 Å². The molecule has 0 bridgehead atoms. The molecule has 0 unspecified atom stereocenters. The molecule has 0 saturated carbocycles. The number of amides is 1. The Balaban J connectivity index is 1.74. The first-order chi connectivity index (χ1) is 12.2. The van der Waals surface area contributed by atoms with Crippen molar-refractivity contribution < 1.29 is 4.79 Å². The Morgan fingerprint density at radius 1 is 1.32 bits per heavy atom. The van der Waals surface area contributed by atoms with E-state index < -0.39 is 5.91 Å². The van der Waals surface area contributed by atoms with Crippen LogP contribution >= 0.6 is 11.3 Å². The van der Waals surface area contributed by atoms with Crippen LogP contribution in [0.25, 0.3) is 11.3 Å². The van der Waals surface area contributed by atoms with Gasteiger partial charge in [-0.2, -0.15) is 5.10 Å². The highest BCUT2D eigenvalue weighted by molar-refractivity contribution is 7.14.